The molecule has 1 aliphatic rings. The van der Waals surface area contributed by atoms with E-state index in [1.165, 1.54) is 5.56 Å². The van der Waals surface area contributed by atoms with E-state index in [1.54, 1.807) is 4.90 Å². The highest BCUT2D eigenvalue weighted by atomic mass is 16.4. The molecule has 29 heavy (non-hydrogen) atoms. The number of urea groups is 1. The van der Waals surface area contributed by atoms with Gasteiger partial charge in [0.15, 0.2) is 0 Å². The second-order valence-electron chi connectivity index (χ2n) is 7.73. The molecule has 1 fully saturated rings. The molecule has 0 bridgehead atoms. The molecule has 0 saturated carbocycles. The van der Waals surface area contributed by atoms with Gasteiger partial charge in [0.2, 0.25) is 0 Å². The Morgan fingerprint density at radius 1 is 1.07 bits per heavy atom. The van der Waals surface area contributed by atoms with Crippen molar-refractivity contribution in [3.8, 4) is 0 Å². The number of aliphatic carboxylic acids is 1. The quantitative estimate of drug-likeness (QED) is 0.685. The zero-order chi connectivity index (χ0) is 20.6. The van der Waals surface area contributed by atoms with E-state index in [9.17, 15) is 9.59 Å². The van der Waals surface area contributed by atoms with E-state index >= 15 is 0 Å². The van der Waals surface area contributed by atoms with Gasteiger partial charge in [0.25, 0.3) is 0 Å². The van der Waals surface area contributed by atoms with Crippen LogP contribution in [0.15, 0.2) is 60.7 Å². The van der Waals surface area contributed by atoms with Crippen molar-refractivity contribution in [2.24, 2.45) is 0 Å². The number of rotatable bonds is 9. The van der Waals surface area contributed by atoms with E-state index in [1.807, 2.05) is 48.5 Å². The van der Waals surface area contributed by atoms with E-state index in [0.717, 1.165) is 12.1 Å². The van der Waals surface area contributed by atoms with Crippen LogP contribution in [-0.4, -0.2) is 59.1 Å². The Morgan fingerprint density at radius 3 is 2.24 bits per heavy atom. The number of carbonyl (C=O) groups is 2. The van der Waals surface area contributed by atoms with Crippen LogP contribution in [0.25, 0.3) is 0 Å². The number of carbonyl (C=O) groups excluding carboxylic acids is 1. The molecule has 0 spiro atoms. The predicted octanol–water partition coefficient (Wildman–Crippen LogP) is 2.99. The molecule has 0 aromatic heterocycles. The van der Waals surface area contributed by atoms with Gasteiger partial charge in [-0.1, -0.05) is 60.7 Å². The first-order valence-corrected chi connectivity index (χ1v) is 10.1. The molecule has 2 N–H and O–H groups in total. The summed E-state index contributed by atoms with van der Waals surface area (Å²) in [5.74, 6) is -0.844. The van der Waals surface area contributed by atoms with Gasteiger partial charge in [-0.3, -0.25) is 9.69 Å². The normalized spacial score (nSPS) is 15.0. The molecular weight excluding hydrogens is 366 g/mol. The lowest BCUT2D eigenvalue weighted by molar-refractivity contribution is -0.137. The standard InChI is InChI=1S/C23H29N3O3/c1-25(15-19-10-6-3-7-11-19)21-16-26(17-21)23(29)24-20(12-13-22(27)28)14-18-8-4-2-5-9-18/h2-11,20-21H,12-17H2,1H3,(H,24,29)(H,27,28). The molecule has 0 radical (unpaired) electrons. The molecule has 1 aliphatic heterocycles. The van der Waals surface area contributed by atoms with Gasteiger partial charge in [-0.2, -0.15) is 0 Å². The summed E-state index contributed by atoms with van der Waals surface area (Å²) in [7, 11) is 2.08. The third-order valence-electron chi connectivity index (χ3n) is 5.41. The smallest absolute Gasteiger partial charge is 0.317 e. The van der Waals surface area contributed by atoms with Crippen LogP contribution in [0.3, 0.4) is 0 Å². The Kier molecular flexibility index (Phi) is 7.25. The molecule has 1 unspecified atom stereocenters. The van der Waals surface area contributed by atoms with Crippen LogP contribution in [0.5, 0.6) is 0 Å². The third-order valence-corrected chi connectivity index (χ3v) is 5.41. The zero-order valence-corrected chi connectivity index (χ0v) is 16.8. The van der Waals surface area contributed by atoms with Crippen molar-refractivity contribution in [2.45, 2.75) is 37.9 Å². The molecule has 0 aliphatic carbocycles. The SMILES string of the molecule is CN(Cc1ccccc1)C1CN(C(=O)NC(CCC(=O)O)Cc2ccccc2)C1. The van der Waals surface area contributed by atoms with Crippen LogP contribution >= 0.6 is 0 Å². The summed E-state index contributed by atoms with van der Waals surface area (Å²) in [4.78, 5) is 27.7. The van der Waals surface area contributed by atoms with Crippen molar-refractivity contribution in [2.75, 3.05) is 20.1 Å². The lowest BCUT2D eigenvalue weighted by Gasteiger charge is -2.44. The van der Waals surface area contributed by atoms with Gasteiger partial charge in [0.05, 0.1) is 0 Å². The van der Waals surface area contributed by atoms with Crippen molar-refractivity contribution < 1.29 is 14.7 Å². The molecule has 2 amide bonds. The van der Waals surface area contributed by atoms with E-state index in [2.05, 4.69) is 29.4 Å². The summed E-state index contributed by atoms with van der Waals surface area (Å²) < 4.78 is 0. The molecule has 6 nitrogen and oxygen atoms in total. The van der Waals surface area contributed by atoms with E-state index in [0.29, 0.717) is 32.0 Å². The monoisotopic (exact) mass is 395 g/mol. The fourth-order valence-electron chi connectivity index (χ4n) is 3.59. The molecule has 1 atom stereocenters. The summed E-state index contributed by atoms with van der Waals surface area (Å²) in [5, 5.41) is 12.1. The number of hydrogen-bond donors (Lipinski definition) is 2. The number of likely N-dealkylation sites (N-methyl/N-ethyl adjacent to an activating group) is 1. The number of likely N-dealkylation sites (tertiary alicyclic amines) is 1. The van der Waals surface area contributed by atoms with Gasteiger partial charge < -0.3 is 15.3 Å². The van der Waals surface area contributed by atoms with Gasteiger partial charge in [-0.25, -0.2) is 4.79 Å². The fourth-order valence-corrected chi connectivity index (χ4v) is 3.59. The summed E-state index contributed by atoms with van der Waals surface area (Å²) in [5.41, 5.74) is 2.35. The maximum absolute atomic E-state index is 12.6. The zero-order valence-electron chi connectivity index (χ0n) is 16.8. The molecule has 1 saturated heterocycles. The van der Waals surface area contributed by atoms with Crippen LogP contribution in [0.4, 0.5) is 4.79 Å². The minimum absolute atomic E-state index is 0.0419. The van der Waals surface area contributed by atoms with Crippen LogP contribution < -0.4 is 5.32 Å². The summed E-state index contributed by atoms with van der Waals surface area (Å²) in [6.45, 7) is 2.23. The fraction of sp³-hybridized carbons (Fsp3) is 0.391. The van der Waals surface area contributed by atoms with Gasteiger partial charge >= 0.3 is 12.0 Å². The van der Waals surface area contributed by atoms with Gasteiger partial charge in [-0.15, -0.1) is 0 Å². The first kappa shape index (κ1) is 20.9. The lowest BCUT2D eigenvalue weighted by Crippen LogP contribution is -2.62. The molecule has 2 aromatic rings. The van der Waals surface area contributed by atoms with Crippen LogP contribution in [0, 0.1) is 0 Å². The van der Waals surface area contributed by atoms with E-state index in [4.69, 9.17) is 5.11 Å². The van der Waals surface area contributed by atoms with E-state index in [-0.39, 0.29) is 18.5 Å². The number of nitrogens with zero attached hydrogens (tertiary/aromatic N) is 2. The topological polar surface area (TPSA) is 72.9 Å². The van der Waals surface area contributed by atoms with Crippen LogP contribution in [-0.2, 0) is 17.8 Å². The number of hydrogen-bond acceptors (Lipinski definition) is 3. The van der Waals surface area contributed by atoms with Crippen LogP contribution in [0.1, 0.15) is 24.0 Å². The molecule has 6 heteroatoms. The van der Waals surface area contributed by atoms with E-state index < -0.39 is 5.97 Å². The lowest BCUT2D eigenvalue weighted by atomic mass is 10.0. The number of carboxylic acid groups (broad SMARTS) is 1. The van der Waals surface area contributed by atoms with Crippen molar-refractivity contribution in [3.05, 3.63) is 71.8 Å². The predicted molar refractivity (Wildman–Crippen MR) is 113 cm³/mol. The number of amides is 2. The Morgan fingerprint density at radius 2 is 1.66 bits per heavy atom. The van der Waals surface area contributed by atoms with Crippen LogP contribution in [0.2, 0.25) is 0 Å². The first-order valence-electron chi connectivity index (χ1n) is 10.1. The minimum Gasteiger partial charge on any atom is -0.481 e. The Balaban J connectivity index is 1.48. The van der Waals surface area contributed by atoms with Gasteiger partial charge in [0, 0.05) is 38.1 Å². The second kappa shape index (κ2) is 10.1. The van der Waals surface area contributed by atoms with Crippen molar-refractivity contribution in [1.82, 2.24) is 15.1 Å². The molecule has 1 heterocycles. The Bertz CT molecular complexity index is 792. The summed E-state index contributed by atoms with van der Waals surface area (Å²) >= 11 is 0. The van der Waals surface area contributed by atoms with Gasteiger partial charge in [0.1, 0.15) is 0 Å². The molecule has 2 aromatic carbocycles. The van der Waals surface area contributed by atoms with Crippen molar-refractivity contribution in [1.29, 1.82) is 0 Å². The second-order valence-corrected chi connectivity index (χ2v) is 7.73. The Labute approximate surface area is 172 Å². The highest BCUT2D eigenvalue weighted by molar-refractivity contribution is 5.75. The average Bonchev–Trinajstić information content (AvgIpc) is 2.66. The number of nitrogens with one attached hydrogen (secondary N) is 1. The number of benzene rings is 2. The van der Waals surface area contributed by atoms with Crippen molar-refractivity contribution in [3.63, 3.8) is 0 Å². The number of carboxylic acids is 1. The summed E-state index contributed by atoms with van der Waals surface area (Å²) in [6.07, 6.45) is 1.09. The summed E-state index contributed by atoms with van der Waals surface area (Å²) in [6, 6.07) is 20.2. The highest BCUT2D eigenvalue weighted by Crippen LogP contribution is 2.17. The maximum atomic E-state index is 12.6. The average molecular weight is 396 g/mol. The maximum Gasteiger partial charge on any atom is 0.317 e. The minimum atomic E-state index is -0.844. The highest BCUT2D eigenvalue weighted by Gasteiger charge is 2.34. The van der Waals surface area contributed by atoms with Crippen molar-refractivity contribution >= 4 is 12.0 Å². The molecule has 154 valence electrons. The molecule has 3 rings (SSSR count). The van der Waals surface area contributed by atoms with Gasteiger partial charge in [-0.05, 0) is 31.0 Å². The third kappa shape index (κ3) is 6.32. The first-order chi connectivity index (χ1) is 14.0. The molecular formula is C23H29N3O3. The Hall–Kier alpha value is -2.86. The largest absolute Gasteiger partial charge is 0.481 e.